The Kier molecular flexibility index (Phi) is 5.37. The van der Waals surface area contributed by atoms with Crippen molar-refractivity contribution < 1.29 is 20.6 Å². The summed E-state index contributed by atoms with van der Waals surface area (Å²) in [4.78, 5) is 20.7. The fourth-order valence-corrected chi connectivity index (χ4v) is 4.38. The molecule has 6 atom stereocenters. The normalized spacial score (nSPS) is 37.3. The van der Waals surface area contributed by atoms with Crippen LogP contribution in [0.5, 0.6) is 0 Å². The summed E-state index contributed by atoms with van der Waals surface area (Å²) in [5, 5.41) is 19.7. The largest absolute Gasteiger partial charge is 0.358 e. The minimum Gasteiger partial charge on any atom is -0.358 e. The van der Waals surface area contributed by atoms with Gasteiger partial charge in [0.25, 0.3) is 0 Å². The van der Waals surface area contributed by atoms with E-state index in [1.54, 1.807) is 0 Å². The molecular formula is C11H19ClN10O2+2. The molecule has 13 heteroatoms. The number of nitrogens with zero attached hydrogens (tertiary/aromatic N) is 6. The summed E-state index contributed by atoms with van der Waals surface area (Å²) < 4.78 is 0. The summed E-state index contributed by atoms with van der Waals surface area (Å²) in [6.45, 7) is -0.0730. The SMILES string of the molecule is [N-]=[N+]=NC[C@@H]1[C@@H](CN=[N+]=[N-])[C@H](C(=O)C[NH3+])[C@]2(NC(N)=[NH+]C2O)[C@H]1Cl. The molecule has 1 spiro atoms. The zero-order chi connectivity index (χ0) is 17.9. The number of aliphatic hydroxyl groups excluding tert-OH is 1. The first kappa shape index (κ1) is 18.1. The maximum absolute atomic E-state index is 12.6. The van der Waals surface area contributed by atoms with Gasteiger partial charge in [0.2, 0.25) is 6.23 Å². The zero-order valence-electron chi connectivity index (χ0n) is 12.7. The van der Waals surface area contributed by atoms with Gasteiger partial charge in [0.15, 0.2) is 11.3 Å². The lowest BCUT2D eigenvalue weighted by Crippen LogP contribution is -2.82. The van der Waals surface area contributed by atoms with E-state index in [2.05, 4.69) is 36.1 Å². The molecule has 2 rings (SSSR count). The van der Waals surface area contributed by atoms with Gasteiger partial charge < -0.3 is 10.8 Å². The van der Waals surface area contributed by atoms with Crippen LogP contribution in [-0.2, 0) is 4.79 Å². The van der Waals surface area contributed by atoms with Crippen molar-refractivity contribution in [1.29, 1.82) is 0 Å². The predicted molar refractivity (Wildman–Crippen MR) is 82.9 cm³/mol. The number of Topliss-reactive ketones (excluding diaryl/α,β-unsaturated/α-hetero) is 1. The summed E-state index contributed by atoms with van der Waals surface area (Å²) in [6.07, 6.45) is -1.23. The van der Waals surface area contributed by atoms with Gasteiger partial charge in [-0.05, 0) is 22.9 Å². The molecule has 8 N–H and O–H groups in total. The number of nitrogens with two attached hydrogens (primary N) is 1. The van der Waals surface area contributed by atoms with Gasteiger partial charge in [0.05, 0.1) is 11.3 Å². The topological polar surface area (TPSA) is 214 Å². The van der Waals surface area contributed by atoms with Crippen LogP contribution in [-0.4, -0.2) is 53.6 Å². The average molecular weight is 359 g/mol. The lowest BCUT2D eigenvalue weighted by atomic mass is 9.78. The molecule has 1 heterocycles. The van der Waals surface area contributed by atoms with E-state index in [9.17, 15) is 9.90 Å². The molecule has 0 aromatic carbocycles. The zero-order valence-corrected chi connectivity index (χ0v) is 13.5. The third kappa shape index (κ3) is 2.70. The maximum atomic E-state index is 12.6. The molecule has 12 nitrogen and oxygen atoms in total. The van der Waals surface area contributed by atoms with Crippen LogP contribution in [0.3, 0.4) is 0 Å². The van der Waals surface area contributed by atoms with Crippen molar-refractivity contribution in [2.75, 3.05) is 19.6 Å². The Labute approximate surface area is 141 Å². The second kappa shape index (κ2) is 7.12. The molecule has 0 radical (unpaired) electrons. The number of alkyl halides is 1. The van der Waals surface area contributed by atoms with Gasteiger partial charge in [-0.2, -0.15) is 0 Å². The van der Waals surface area contributed by atoms with E-state index in [0.29, 0.717) is 0 Å². The van der Waals surface area contributed by atoms with Crippen LogP contribution in [0.4, 0.5) is 0 Å². The molecule has 0 saturated heterocycles. The first-order valence-corrected chi connectivity index (χ1v) is 7.70. The summed E-state index contributed by atoms with van der Waals surface area (Å²) in [5.41, 5.74) is 25.3. The van der Waals surface area contributed by atoms with E-state index in [0.717, 1.165) is 0 Å². The van der Waals surface area contributed by atoms with E-state index in [-0.39, 0.29) is 31.4 Å². The van der Waals surface area contributed by atoms with Crippen LogP contribution in [0.2, 0.25) is 0 Å². The highest BCUT2D eigenvalue weighted by Gasteiger charge is 2.69. The van der Waals surface area contributed by atoms with Crippen LogP contribution in [0.1, 0.15) is 0 Å². The number of azide groups is 2. The monoisotopic (exact) mass is 358 g/mol. The fourth-order valence-electron chi connectivity index (χ4n) is 3.81. The molecule has 0 bridgehead atoms. The van der Waals surface area contributed by atoms with E-state index in [1.165, 1.54) is 0 Å². The Morgan fingerprint density at radius 1 is 1.42 bits per heavy atom. The van der Waals surface area contributed by atoms with Crippen molar-refractivity contribution in [1.82, 2.24) is 5.32 Å². The summed E-state index contributed by atoms with van der Waals surface area (Å²) in [6, 6.07) is 0. The molecular weight excluding hydrogens is 340 g/mol. The van der Waals surface area contributed by atoms with Crippen LogP contribution < -0.4 is 21.8 Å². The highest BCUT2D eigenvalue weighted by molar-refractivity contribution is 6.22. The van der Waals surface area contributed by atoms with Crippen molar-refractivity contribution >= 4 is 23.3 Å². The van der Waals surface area contributed by atoms with Crippen LogP contribution in [0.15, 0.2) is 10.2 Å². The third-order valence-electron chi connectivity index (χ3n) is 4.73. The average Bonchev–Trinajstić information content (AvgIpc) is 2.98. The van der Waals surface area contributed by atoms with Crippen LogP contribution in [0.25, 0.3) is 20.9 Å². The Morgan fingerprint density at radius 3 is 2.46 bits per heavy atom. The first-order chi connectivity index (χ1) is 11.4. The summed E-state index contributed by atoms with van der Waals surface area (Å²) in [7, 11) is 0. The maximum Gasteiger partial charge on any atom is 0.344 e. The van der Waals surface area contributed by atoms with Gasteiger partial charge in [0.1, 0.15) is 6.54 Å². The number of rotatable bonds is 6. The number of nitrogens with one attached hydrogen (secondary N) is 2. The molecule has 0 aromatic rings. The van der Waals surface area contributed by atoms with Crippen molar-refractivity contribution in [2.45, 2.75) is 17.1 Å². The molecule has 0 aromatic heterocycles. The van der Waals surface area contributed by atoms with Gasteiger partial charge in [-0.25, -0.2) is 4.99 Å². The molecule has 130 valence electrons. The number of quaternary nitrogens is 1. The van der Waals surface area contributed by atoms with Crippen molar-refractivity contribution in [3.8, 4) is 0 Å². The number of carbonyl (C=O) groups is 1. The molecule has 1 fully saturated rings. The highest BCUT2D eigenvalue weighted by atomic mass is 35.5. The number of halogens is 1. The van der Waals surface area contributed by atoms with Crippen molar-refractivity contribution in [3.63, 3.8) is 0 Å². The Balaban J connectivity index is 2.54. The molecule has 1 aliphatic carbocycles. The summed E-state index contributed by atoms with van der Waals surface area (Å²) in [5.74, 6) is -2.01. The number of aliphatic hydroxyl groups is 1. The Morgan fingerprint density at radius 2 is 2.00 bits per heavy atom. The minimum atomic E-state index is -1.30. The van der Waals surface area contributed by atoms with Gasteiger partial charge in [-0.3, -0.25) is 15.8 Å². The van der Waals surface area contributed by atoms with E-state index < -0.39 is 34.9 Å². The molecule has 1 saturated carbocycles. The van der Waals surface area contributed by atoms with E-state index in [4.69, 9.17) is 28.4 Å². The number of hydrogen-bond acceptors (Lipinski definition) is 6. The number of ketones is 1. The van der Waals surface area contributed by atoms with Crippen LogP contribution >= 0.6 is 11.6 Å². The third-order valence-corrected chi connectivity index (χ3v) is 5.41. The van der Waals surface area contributed by atoms with Gasteiger partial charge in [0, 0.05) is 22.9 Å². The quantitative estimate of drug-likeness (QED) is 0.144. The first-order valence-electron chi connectivity index (χ1n) is 7.27. The standard InChI is InChI=1S/C11H17ClN10O2/c12-8-5(3-18-22-16)4(2-17-21-15)7(6(23)1-13)11(8)9(24)19-10(14)20-11/h4-5,7-9,24H,1-3,13H2,(H3,14,19,20)/p+2/t4-,5-,7-,8+,9?,11+/m1/s1. The van der Waals surface area contributed by atoms with Crippen molar-refractivity contribution in [3.05, 3.63) is 20.9 Å². The Hall–Kier alpha value is -2.23. The van der Waals surface area contributed by atoms with Crippen molar-refractivity contribution in [2.24, 2.45) is 33.7 Å². The number of carbonyl (C=O) groups excluding carboxylic acids is 1. The Bertz CT molecular complexity index is 643. The highest BCUT2D eigenvalue weighted by Crippen LogP contribution is 2.49. The fraction of sp³-hybridized carbons (Fsp3) is 0.818. The molecule has 24 heavy (non-hydrogen) atoms. The van der Waals surface area contributed by atoms with Gasteiger partial charge in [-0.15, -0.1) is 11.6 Å². The molecule has 0 amide bonds. The molecule has 1 unspecified atom stereocenters. The predicted octanol–water partition coefficient (Wildman–Crippen LogP) is -3.06. The van der Waals surface area contributed by atoms with E-state index in [1.807, 2.05) is 0 Å². The second-order valence-electron chi connectivity index (χ2n) is 5.77. The molecule has 1 aliphatic heterocycles. The van der Waals surface area contributed by atoms with Crippen LogP contribution in [0, 0.1) is 17.8 Å². The lowest BCUT2D eigenvalue weighted by molar-refractivity contribution is -0.557. The number of hydrogen-bond donors (Lipinski definition) is 5. The summed E-state index contributed by atoms with van der Waals surface area (Å²) >= 11 is 6.58. The molecule has 2 aliphatic rings. The van der Waals surface area contributed by atoms with E-state index >= 15 is 0 Å². The number of guanidine groups is 1. The smallest absolute Gasteiger partial charge is 0.344 e. The minimum absolute atomic E-state index is 0.00669. The van der Waals surface area contributed by atoms with Gasteiger partial charge >= 0.3 is 5.96 Å². The van der Waals surface area contributed by atoms with Gasteiger partial charge in [-0.1, -0.05) is 10.2 Å². The second-order valence-corrected chi connectivity index (χ2v) is 6.24. The lowest BCUT2D eigenvalue weighted by Gasteiger charge is -2.32.